The minimum absolute atomic E-state index is 0.415. The SMILES string of the molecule is CN=C(NCc1nc(-c2ccc(Cl)cc2)no1)NCC(C)C. The first-order valence-corrected chi connectivity index (χ1v) is 7.49. The van der Waals surface area contributed by atoms with E-state index < -0.39 is 0 Å². The van der Waals surface area contributed by atoms with E-state index >= 15 is 0 Å². The van der Waals surface area contributed by atoms with Gasteiger partial charge in [0, 0.05) is 24.2 Å². The van der Waals surface area contributed by atoms with Crippen LogP contribution in [0.5, 0.6) is 0 Å². The Hall–Kier alpha value is -2.08. The molecule has 0 saturated carbocycles. The van der Waals surface area contributed by atoms with E-state index in [-0.39, 0.29) is 0 Å². The summed E-state index contributed by atoms with van der Waals surface area (Å²) in [6, 6.07) is 7.30. The third-order valence-electron chi connectivity index (χ3n) is 2.88. The van der Waals surface area contributed by atoms with E-state index in [2.05, 4.69) is 39.6 Å². The van der Waals surface area contributed by atoms with Crippen molar-refractivity contribution >= 4 is 17.6 Å². The molecule has 0 spiro atoms. The van der Waals surface area contributed by atoms with Gasteiger partial charge in [0.25, 0.3) is 0 Å². The molecule has 2 aromatic rings. The minimum atomic E-state index is 0.415. The van der Waals surface area contributed by atoms with Crippen LogP contribution in [0.2, 0.25) is 5.02 Å². The van der Waals surface area contributed by atoms with Crippen LogP contribution in [0, 0.1) is 5.92 Å². The van der Waals surface area contributed by atoms with E-state index in [4.69, 9.17) is 16.1 Å². The Kier molecular flexibility index (Phi) is 5.77. The zero-order valence-corrected chi connectivity index (χ0v) is 13.7. The van der Waals surface area contributed by atoms with E-state index in [1.54, 1.807) is 19.2 Å². The molecule has 0 aliphatic rings. The summed E-state index contributed by atoms with van der Waals surface area (Å²) in [5.41, 5.74) is 0.863. The fourth-order valence-corrected chi connectivity index (χ4v) is 1.85. The molecule has 118 valence electrons. The topological polar surface area (TPSA) is 75.3 Å². The van der Waals surface area contributed by atoms with E-state index in [0.29, 0.717) is 35.2 Å². The van der Waals surface area contributed by atoms with Crippen molar-refractivity contribution in [2.24, 2.45) is 10.9 Å². The van der Waals surface area contributed by atoms with Crippen LogP contribution in [-0.4, -0.2) is 29.7 Å². The Balaban J connectivity index is 1.93. The maximum atomic E-state index is 5.86. The van der Waals surface area contributed by atoms with Crippen molar-refractivity contribution in [3.63, 3.8) is 0 Å². The molecule has 0 aliphatic heterocycles. The lowest BCUT2D eigenvalue weighted by Crippen LogP contribution is -2.38. The molecule has 0 saturated heterocycles. The maximum absolute atomic E-state index is 5.86. The van der Waals surface area contributed by atoms with E-state index in [1.165, 1.54) is 0 Å². The van der Waals surface area contributed by atoms with Gasteiger partial charge in [0.2, 0.25) is 11.7 Å². The highest BCUT2D eigenvalue weighted by Crippen LogP contribution is 2.18. The Bertz CT molecular complexity index is 621. The molecule has 0 atom stereocenters. The summed E-state index contributed by atoms with van der Waals surface area (Å²) in [6.07, 6.45) is 0. The normalized spacial score (nSPS) is 11.8. The van der Waals surface area contributed by atoms with Gasteiger partial charge in [-0.1, -0.05) is 30.6 Å². The Labute approximate surface area is 135 Å². The first-order valence-electron chi connectivity index (χ1n) is 7.11. The highest BCUT2D eigenvalue weighted by Gasteiger charge is 2.09. The zero-order valence-electron chi connectivity index (χ0n) is 12.9. The summed E-state index contributed by atoms with van der Waals surface area (Å²) < 4.78 is 5.23. The highest BCUT2D eigenvalue weighted by molar-refractivity contribution is 6.30. The molecule has 1 aromatic heterocycles. The van der Waals surface area contributed by atoms with E-state index in [1.807, 2.05) is 12.1 Å². The molecule has 1 aromatic carbocycles. The standard InChI is InChI=1S/C15H20ClN5O/c1-10(2)8-18-15(17-3)19-9-13-20-14(21-22-13)11-4-6-12(16)7-5-11/h4-7,10H,8-9H2,1-3H3,(H2,17,18,19). The number of halogens is 1. The summed E-state index contributed by atoms with van der Waals surface area (Å²) in [7, 11) is 1.72. The molecule has 0 unspecified atom stereocenters. The van der Waals surface area contributed by atoms with Crippen LogP contribution in [0.1, 0.15) is 19.7 Å². The molecule has 0 radical (unpaired) electrons. The number of aliphatic imine (C=N–C) groups is 1. The van der Waals surface area contributed by atoms with Crippen molar-refractivity contribution < 1.29 is 4.52 Å². The number of aromatic nitrogens is 2. The van der Waals surface area contributed by atoms with Gasteiger partial charge in [-0.3, -0.25) is 4.99 Å². The summed E-state index contributed by atoms with van der Waals surface area (Å²) in [6.45, 7) is 5.53. The Morgan fingerprint density at radius 3 is 2.64 bits per heavy atom. The van der Waals surface area contributed by atoms with Gasteiger partial charge >= 0.3 is 0 Å². The smallest absolute Gasteiger partial charge is 0.246 e. The number of rotatable bonds is 5. The van der Waals surface area contributed by atoms with Crippen molar-refractivity contribution in [3.05, 3.63) is 35.2 Å². The first kappa shape index (κ1) is 16.3. The lowest BCUT2D eigenvalue weighted by Gasteiger charge is -2.11. The molecular formula is C15H20ClN5O. The molecule has 0 amide bonds. The number of guanidine groups is 1. The lowest BCUT2D eigenvalue weighted by atomic mass is 10.2. The van der Waals surface area contributed by atoms with Crippen molar-refractivity contribution in [1.29, 1.82) is 0 Å². The predicted octanol–water partition coefficient (Wildman–Crippen LogP) is 2.71. The number of hydrogen-bond donors (Lipinski definition) is 2. The molecule has 22 heavy (non-hydrogen) atoms. The van der Waals surface area contributed by atoms with Crippen LogP contribution in [-0.2, 0) is 6.54 Å². The molecule has 2 rings (SSSR count). The predicted molar refractivity (Wildman–Crippen MR) is 87.8 cm³/mol. The average Bonchev–Trinajstić information content (AvgIpc) is 2.97. The van der Waals surface area contributed by atoms with Gasteiger partial charge < -0.3 is 15.2 Å². The molecule has 2 N–H and O–H groups in total. The van der Waals surface area contributed by atoms with Gasteiger partial charge in [-0.2, -0.15) is 4.98 Å². The van der Waals surface area contributed by atoms with Gasteiger partial charge in [0.05, 0.1) is 6.54 Å². The average molecular weight is 322 g/mol. The van der Waals surface area contributed by atoms with Crippen LogP contribution in [0.4, 0.5) is 0 Å². The van der Waals surface area contributed by atoms with Crippen LogP contribution >= 0.6 is 11.6 Å². The highest BCUT2D eigenvalue weighted by atomic mass is 35.5. The van der Waals surface area contributed by atoms with Gasteiger partial charge in [0.15, 0.2) is 5.96 Å². The Morgan fingerprint density at radius 1 is 1.27 bits per heavy atom. The first-order chi connectivity index (χ1) is 10.6. The van der Waals surface area contributed by atoms with Crippen LogP contribution < -0.4 is 10.6 Å². The van der Waals surface area contributed by atoms with Gasteiger partial charge in [0.1, 0.15) is 0 Å². The molecular weight excluding hydrogens is 302 g/mol. The van der Waals surface area contributed by atoms with Gasteiger partial charge in [-0.15, -0.1) is 0 Å². The second kappa shape index (κ2) is 7.79. The number of nitrogens with one attached hydrogen (secondary N) is 2. The number of benzene rings is 1. The molecule has 0 fully saturated rings. The second-order valence-corrected chi connectivity index (χ2v) is 5.66. The largest absolute Gasteiger partial charge is 0.356 e. The number of nitrogens with zero attached hydrogens (tertiary/aromatic N) is 3. The molecule has 0 aliphatic carbocycles. The third kappa shape index (κ3) is 4.73. The van der Waals surface area contributed by atoms with E-state index in [9.17, 15) is 0 Å². The van der Waals surface area contributed by atoms with Crippen molar-refractivity contribution in [2.45, 2.75) is 20.4 Å². The van der Waals surface area contributed by atoms with Crippen molar-refractivity contribution in [3.8, 4) is 11.4 Å². The van der Waals surface area contributed by atoms with Crippen molar-refractivity contribution in [1.82, 2.24) is 20.8 Å². The summed E-state index contributed by atoms with van der Waals surface area (Å²) in [5, 5.41) is 11.0. The minimum Gasteiger partial charge on any atom is -0.356 e. The summed E-state index contributed by atoms with van der Waals surface area (Å²) in [5.74, 6) is 2.29. The second-order valence-electron chi connectivity index (χ2n) is 5.22. The molecule has 7 heteroatoms. The fraction of sp³-hybridized carbons (Fsp3) is 0.400. The van der Waals surface area contributed by atoms with Crippen LogP contribution in [0.25, 0.3) is 11.4 Å². The summed E-state index contributed by atoms with van der Waals surface area (Å²) in [4.78, 5) is 8.49. The van der Waals surface area contributed by atoms with Crippen LogP contribution in [0.3, 0.4) is 0 Å². The van der Waals surface area contributed by atoms with Crippen LogP contribution in [0.15, 0.2) is 33.8 Å². The maximum Gasteiger partial charge on any atom is 0.246 e. The third-order valence-corrected chi connectivity index (χ3v) is 3.13. The van der Waals surface area contributed by atoms with E-state index in [0.717, 1.165) is 12.1 Å². The van der Waals surface area contributed by atoms with Gasteiger partial charge in [-0.05, 0) is 30.2 Å². The Morgan fingerprint density at radius 2 is 2.00 bits per heavy atom. The molecule has 6 nitrogen and oxygen atoms in total. The van der Waals surface area contributed by atoms with Gasteiger partial charge in [-0.25, -0.2) is 0 Å². The fourth-order valence-electron chi connectivity index (χ4n) is 1.72. The summed E-state index contributed by atoms with van der Waals surface area (Å²) >= 11 is 5.86. The zero-order chi connectivity index (χ0) is 15.9. The lowest BCUT2D eigenvalue weighted by molar-refractivity contribution is 0.375. The monoisotopic (exact) mass is 321 g/mol. The number of hydrogen-bond acceptors (Lipinski definition) is 4. The quantitative estimate of drug-likeness (QED) is 0.654. The van der Waals surface area contributed by atoms with Crippen molar-refractivity contribution in [2.75, 3.05) is 13.6 Å². The molecule has 0 bridgehead atoms. The molecule has 1 heterocycles.